The summed E-state index contributed by atoms with van der Waals surface area (Å²) in [7, 11) is 0. The summed E-state index contributed by atoms with van der Waals surface area (Å²) in [6.45, 7) is 3.48. The van der Waals surface area contributed by atoms with Gasteiger partial charge < -0.3 is 14.6 Å². The summed E-state index contributed by atoms with van der Waals surface area (Å²) in [5, 5.41) is 3.95. The molecule has 0 saturated carbocycles. The van der Waals surface area contributed by atoms with E-state index < -0.39 is 0 Å². The molecule has 0 aliphatic heterocycles. The SMILES string of the molecule is CC(=O)NCCn1ccc2cc(OCc3ccccc3)ccc21. The lowest BCUT2D eigenvalue weighted by molar-refractivity contribution is -0.118. The Labute approximate surface area is 135 Å². The van der Waals surface area contributed by atoms with E-state index in [1.807, 2.05) is 36.5 Å². The fourth-order valence-corrected chi connectivity index (χ4v) is 2.56. The fraction of sp³-hybridized carbons (Fsp3) is 0.211. The van der Waals surface area contributed by atoms with Gasteiger partial charge in [0, 0.05) is 37.1 Å². The number of fused-ring (bicyclic) bond motifs is 1. The van der Waals surface area contributed by atoms with Crippen LogP contribution >= 0.6 is 0 Å². The van der Waals surface area contributed by atoms with Gasteiger partial charge in [0.1, 0.15) is 12.4 Å². The van der Waals surface area contributed by atoms with E-state index in [2.05, 4.69) is 34.1 Å². The molecule has 1 heterocycles. The number of nitrogens with one attached hydrogen (secondary N) is 1. The number of hydrogen-bond acceptors (Lipinski definition) is 2. The molecule has 0 spiro atoms. The molecule has 1 aromatic heterocycles. The van der Waals surface area contributed by atoms with Crippen molar-refractivity contribution in [3.05, 3.63) is 66.4 Å². The van der Waals surface area contributed by atoms with Crippen LogP contribution in [0.25, 0.3) is 10.9 Å². The van der Waals surface area contributed by atoms with Gasteiger partial charge in [0.15, 0.2) is 0 Å². The quantitative estimate of drug-likeness (QED) is 0.759. The molecule has 0 aliphatic carbocycles. The van der Waals surface area contributed by atoms with Gasteiger partial charge in [0.25, 0.3) is 0 Å². The smallest absolute Gasteiger partial charge is 0.216 e. The van der Waals surface area contributed by atoms with Gasteiger partial charge in [0.2, 0.25) is 5.91 Å². The molecule has 1 amide bonds. The van der Waals surface area contributed by atoms with E-state index in [-0.39, 0.29) is 5.91 Å². The van der Waals surface area contributed by atoms with Gasteiger partial charge in [-0.25, -0.2) is 0 Å². The van der Waals surface area contributed by atoms with Gasteiger partial charge in [0.05, 0.1) is 0 Å². The van der Waals surface area contributed by atoms with Crippen molar-refractivity contribution in [2.75, 3.05) is 6.54 Å². The van der Waals surface area contributed by atoms with Crippen LogP contribution in [0.3, 0.4) is 0 Å². The first-order chi connectivity index (χ1) is 11.2. The predicted octanol–water partition coefficient (Wildman–Crippen LogP) is 3.36. The van der Waals surface area contributed by atoms with Gasteiger partial charge in [-0.05, 0) is 29.8 Å². The number of benzene rings is 2. The average molecular weight is 308 g/mol. The highest BCUT2D eigenvalue weighted by atomic mass is 16.5. The lowest BCUT2D eigenvalue weighted by Gasteiger charge is -2.08. The highest BCUT2D eigenvalue weighted by molar-refractivity contribution is 5.81. The van der Waals surface area contributed by atoms with Crippen LogP contribution in [-0.2, 0) is 17.9 Å². The van der Waals surface area contributed by atoms with Crippen LogP contribution < -0.4 is 10.1 Å². The molecule has 0 fully saturated rings. The molecule has 3 rings (SSSR count). The van der Waals surface area contributed by atoms with Crippen LogP contribution in [0, 0.1) is 0 Å². The Morgan fingerprint density at radius 1 is 1.13 bits per heavy atom. The zero-order valence-corrected chi connectivity index (χ0v) is 13.2. The average Bonchev–Trinajstić information content (AvgIpc) is 2.96. The van der Waals surface area contributed by atoms with Gasteiger partial charge >= 0.3 is 0 Å². The van der Waals surface area contributed by atoms with Crippen LogP contribution in [0.1, 0.15) is 12.5 Å². The Bertz CT molecular complexity index is 793. The summed E-state index contributed by atoms with van der Waals surface area (Å²) in [4.78, 5) is 10.9. The van der Waals surface area contributed by atoms with Crippen LogP contribution in [0.4, 0.5) is 0 Å². The number of rotatable bonds is 6. The maximum atomic E-state index is 10.9. The van der Waals surface area contributed by atoms with Crippen molar-refractivity contribution in [1.82, 2.24) is 9.88 Å². The van der Waals surface area contributed by atoms with E-state index >= 15 is 0 Å². The van der Waals surface area contributed by atoms with Crippen LogP contribution in [0.15, 0.2) is 60.8 Å². The normalized spacial score (nSPS) is 10.7. The summed E-state index contributed by atoms with van der Waals surface area (Å²) < 4.78 is 7.99. The Morgan fingerprint density at radius 2 is 1.96 bits per heavy atom. The zero-order valence-electron chi connectivity index (χ0n) is 13.2. The van der Waals surface area contributed by atoms with Gasteiger partial charge in [-0.2, -0.15) is 0 Å². The lowest BCUT2D eigenvalue weighted by atomic mass is 10.2. The van der Waals surface area contributed by atoms with Crippen LogP contribution in [0.5, 0.6) is 5.75 Å². The molecule has 0 radical (unpaired) electrons. The Hall–Kier alpha value is -2.75. The molecule has 0 aliphatic rings. The Balaban J connectivity index is 1.67. The first-order valence-electron chi connectivity index (χ1n) is 7.72. The second kappa shape index (κ2) is 7.01. The molecule has 118 valence electrons. The minimum absolute atomic E-state index is 0.00180. The second-order valence-electron chi connectivity index (χ2n) is 5.49. The topological polar surface area (TPSA) is 43.3 Å². The minimum atomic E-state index is -0.00180. The number of ether oxygens (including phenoxy) is 1. The fourth-order valence-electron chi connectivity index (χ4n) is 2.56. The van der Waals surface area contributed by atoms with Crippen molar-refractivity contribution in [2.45, 2.75) is 20.1 Å². The summed E-state index contributed by atoms with van der Waals surface area (Å²) in [6, 6.07) is 18.3. The number of aromatic nitrogens is 1. The van der Waals surface area contributed by atoms with E-state index in [4.69, 9.17) is 4.74 Å². The summed E-state index contributed by atoms with van der Waals surface area (Å²) in [6.07, 6.45) is 2.04. The zero-order chi connectivity index (χ0) is 16.1. The Morgan fingerprint density at radius 3 is 2.74 bits per heavy atom. The van der Waals surface area contributed by atoms with E-state index in [0.29, 0.717) is 13.2 Å². The van der Waals surface area contributed by atoms with Gasteiger partial charge in [-0.1, -0.05) is 30.3 Å². The second-order valence-corrected chi connectivity index (χ2v) is 5.49. The Kier molecular flexibility index (Phi) is 4.62. The number of nitrogens with zero attached hydrogens (tertiary/aromatic N) is 1. The third-order valence-electron chi connectivity index (χ3n) is 3.72. The molecule has 4 nitrogen and oxygen atoms in total. The molecule has 0 atom stereocenters. The van der Waals surface area contributed by atoms with E-state index in [0.717, 1.165) is 28.8 Å². The van der Waals surface area contributed by atoms with Gasteiger partial charge in [-0.15, -0.1) is 0 Å². The number of carbonyl (C=O) groups excluding carboxylic acids is 1. The standard InChI is InChI=1S/C19H20N2O2/c1-15(22)20-10-12-21-11-9-17-13-18(7-8-19(17)21)23-14-16-5-3-2-4-6-16/h2-9,11,13H,10,12,14H2,1H3,(H,20,22). The third kappa shape index (κ3) is 3.92. The number of hydrogen-bond donors (Lipinski definition) is 1. The third-order valence-corrected chi connectivity index (χ3v) is 3.72. The molecule has 2 aromatic carbocycles. The summed E-state index contributed by atoms with van der Waals surface area (Å²) in [5.74, 6) is 0.860. The minimum Gasteiger partial charge on any atom is -0.489 e. The summed E-state index contributed by atoms with van der Waals surface area (Å²) in [5.41, 5.74) is 2.29. The van der Waals surface area contributed by atoms with Crippen LogP contribution in [-0.4, -0.2) is 17.0 Å². The van der Waals surface area contributed by atoms with Crippen molar-refractivity contribution in [1.29, 1.82) is 0 Å². The molecule has 4 heteroatoms. The van der Waals surface area contributed by atoms with Crippen molar-refractivity contribution < 1.29 is 9.53 Å². The molecule has 0 saturated heterocycles. The maximum Gasteiger partial charge on any atom is 0.216 e. The van der Waals surface area contributed by atoms with Crippen molar-refractivity contribution in [3.8, 4) is 5.75 Å². The molecule has 1 N–H and O–H groups in total. The van der Waals surface area contributed by atoms with Crippen LogP contribution in [0.2, 0.25) is 0 Å². The maximum absolute atomic E-state index is 10.9. The molecular formula is C19H20N2O2. The van der Waals surface area contributed by atoms with Crippen molar-refractivity contribution in [3.63, 3.8) is 0 Å². The number of amides is 1. The molecular weight excluding hydrogens is 288 g/mol. The molecule has 0 unspecified atom stereocenters. The molecule has 0 bridgehead atoms. The first-order valence-corrected chi connectivity index (χ1v) is 7.72. The first kappa shape index (κ1) is 15.2. The van der Waals surface area contributed by atoms with Gasteiger partial charge in [-0.3, -0.25) is 4.79 Å². The highest BCUT2D eigenvalue weighted by Gasteiger charge is 2.03. The van der Waals surface area contributed by atoms with E-state index in [1.165, 1.54) is 6.92 Å². The van der Waals surface area contributed by atoms with E-state index in [1.54, 1.807) is 0 Å². The number of carbonyl (C=O) groups is 1. The van der Waals surface area contributed by atoms with E-state index in [9.17, 15) is 4.79 Å². The summed E-state index contributed by atoms with van der Waals surface area (Å²) >= 11 is 0. The van der Waals surface area contributed by atoms with Crippen molar-refractivity contribution in [2.24, 2.45) is 0 Å². The highest BCUT2D eigenvalue weighted by Crippen LogP contribution is 2.22. The van der Waals surface area contributed by atoms with Crippen molar-refractivity contribution >= 4 is 16.8 Å². The molecule has 23 heavy (non-hydrogen) atoms. The molecule has 3 aromatic rings. The lowest BCUT2D eigenvalue weighted by Crippen LogP contribution is -2.24. The monoisotopic (exact) mass is 308 g/mol. The largest absolute Gasteiger partial charge is 0.489 e. The predicted molar refractivity (Wildman–Crippen MR) is 91.4 cm³/mol.